The van der Waals surface area contributed by atoms with Crippen LogP contribution in [0.25, 0.3) is 0 Å². The summed E-state index contributed by atoms with van der Waals surface area (Å²) in [4.78, 5) is 12.0. The van der Waals surface area contributed by atoms with Crippen LogP contribution in [0.15, 0.2) is 47.4 Å². The SMILES string of the molecule is COc1cc(CNC(=O)Nc2ccc(SC(F)(F)F)cc2)cc(OC)c1. The van der Waals surface area contributed by atoms with Gasteiger partial charge in [-0.25, -0.2) is 4.79 Å². The van der Waals surface area contributed by atoms with E-state index in [1.165, 1.54) is 38.5 Å². The minimum Gasteiger partial charge on any atom is -0.497 e. The number of amides is 2. The lowest BCUT2D eigenvalue weighted by molar-refractivity contribution is -0.0328. The Bertz CT molecular complexity index is 730. The molecule has 5 nitrogen and oxygen atoms in total. The molecule has 0 aromatic heterocycles. The van der Waals surface area contributed by atoms with Crippen LogP contribution in [0, 0.1) is 0 Å². The number of nitrogens with one attached hydrogen (secondary N) is 2. The second-order valence-corrected chi connectivity index (χ2v) is 6.24. The van der Waals surface area contributed by atoms with Gasteiger partial charge in [0.15, 0.2) is 0 Å². The van der Waals surface area contributed by atoms with E-state index in [0.717, 1.165) is 5.56 Å². The average Bonchev–Trinajstić information content (AvgIpc) is 2.60. The molecule has 0 radical (unpaired) electrons. The van der Waals surface area contributed by atoms with Gasteiger partial charge in [-0.05, 0) is 53.7 Å². The number of hydrogen-bond donors (Lipinski definition) is 2. The van der Waals surface area contributed by atoms with Crippen LogP contribution in [0.3, 0.4) is 0 Å². The Balaban J connectivity index is 1.91. The topological polar surface area (TPSA) is 59.6 Å². The van der Waals surface area contributed by atoms with Gasteiger partial charge in [-0.2, -0.15) is 13.2 Å². The van der Waals surface area contributed by atoms with Crippen molar-refractivity contribution in [3.63, 3.8) is 0 Å². The van der Waals surface area contributed by atoms with Crippen molar-refractivity contribution >= 4 is 23.5 Å². The fourth-order valence-electron chi connectivity index (χ4n) is 2.07. The van der Waals surface area contributed by atoms with Gasteiger partial charge in [0.25, 0.3) is 0 Å². The zero-order valence-electron chi connectivity index (χ0n) is 14.0. The summed E-state index contributed by atoms with van der Waals surface area (Å²) in [6.45, 7) is 0.224. The molecule has 0 unspecified atom stereocenters. The summed E-state index contributed by atoms with van der Waals surface area (Å²) in [6, 6.07) is 10.1. The van der Waals surface area contributed by atoms with Gasteiger partial charge in [-0.3, -0.25) is 0 Å². The highest BCUT2D eigenvalue weighted by Gasteiger charge is 2.29. The molecule has 2 rings (SSSR count). The van der Waals surface area contributed by atoms with E-state index in [1.54, 1.807) is 18.2 Å². The number of thioether (sulfide) groups is 1. The summed E-state index contributed by atoms with van der Waals surface area (Å²) in [7, 11) is 3.05. The molecule has 26 heavy (non-hydrogen) atoms. The third-order valence-electron chi connectivity index (χ3n) is 3.21. The van der Waals surface area contributed by atoms with E-state index in [2.05, 4.69) is 10.6 Å². The summed E-state index contributed by atoms with van der Waals surface area (Å²) in [5, 5.41) is 5.21. The Hall–Kier alpha value is -2.55. The number of benzene rings is 2. The smallest absolute Gasteiger partial charge is 0.446 e. The maximum absolute atomic E-state index is 12.3. The molecular formula is C17H17F3N2O3S. The van der Waals surface area contributed by atoms with Gasteiger partial charge in [-0.15, -0.1) is 0 Å². The highest BCUT2D eigenvalue weighted by molar-refractivity contribution is 8.00. The predicted octanol–water partition coefficient (Wildman–Crippen LogP) is 4.64. The van der Waals surface area contributed by atoms with Gasteiger partial charge >= 0.3 is 11.5 Å². The molecule has 0 aliphatic heterocycles. The van der Waals surface area contributed by atoms with Gasteiger partial charge in [-0.1, -0.05) is 0 Å². The lowest BCUT2D eigenvalue weighted by atomic mass is 10.2. The number of methoxy groups -OCH3 is 2. The fraction of sp³-hybridized carbons (Fsp3) is 0.235. The number of carbonyl (C=O) groups excluding carboxylic acids is 1. The molecule has 0 heterocycles. The van der Waals surface area contributed by atoms with Crippen molar-refractivity contribution in [1.29, 1.82) is 0 Å². The zero-order valence-corrected chi connectivity index (χ0v) is 14.8. The lowest BCUT2D eigenvalue weighted by Gasteiger charge is -2.11. The Kier molecular flexibility index (Phi) is 6.62. The fourth-order valence-corrected chi connectivity index (χ4v) is 2.61. The predicted molar refractivity (Wildman–Crippen MR) is 93.8 cm³/mol. The number of carbonyl (C=O) groups is 1. The molecule has 0 aliphatic rings. The van der Waals surface area contributed by atoms with E-state index in [1.807, 2.05) is 0 Å². The number of hydrogen-bond acceptors (Lipinski definition) is 4. The largest absolute Gasteiger partial charge is 0.497 e. The van der Waals surface area contributed by atoms with Crippen molar-refractivity contribution in [3.8, 4) is 11.5 Å². The normalized spacial score (nSPS) is 11.0. The summed E-state index contributed by atoms with van der Waals surface area (Å²) in [6.07, 6.45) is 0. The minimum absolute atomic E-state index is 0.0481. The molecule has 2 amide bonds. The molecule has 0 fully saturated rings. The van der Waals surface area contributed by atoms with Crippen molar-refractivity contribution in [2.75, 3.05) is 19.5 Å². The lowest BCUT2D eigenvalue weighted by Crippen LogP contribution is -2.28. The van der Waals surface area contributed by atoms with E-state index in [-0.39, 0.29) is 23.2 Å². The van der Waals surface area contributed by atoms with Crippen LogP contribution >= 0.6 is 11.8 Å². The molecule has 0 saturated carbocycles. The van der Waals surface area contributed by atoms with Crippen molar-refractivity contribution in [2.45, 2.75) is 16.9 Å². The molecule has 2 N–H and O–H groups in total. The van der Waals surface area contributed by atoms with E-state index in [0.29, 0.717) is 17.2 Å². The number of halogens is 3. The average molecular weight is 386 g/mol. The highest BCUT2D eigenvalue weighted by atomic mass is 32.2. The third-order valence-corrected chi connectivity index (χ3v) is 3.95. The standard InChI is InChI=1S/C17H17F3N2O3S/c1-24-13-7-11(8-14(9-13)25-2)10-21-16(23)22-12-3-5-15(6-4-12)26-17(18,19)20/h3-9H,10H2,1-2H3,(H2,21,22,23). The first kappa shape index (κ1) is 19.8. The number of anilines is 1. The third kappa shape index (κ3) is 6.40. The van der Waals surface area contributed by atoms with E-state index in [9.17, 15) is 18.0 Å². The van der Waals surface area contributed by atoms with Crippen LogP contribution in [0.4, 0.5) is 23.7 Å². The van der Waals surface area contributed by atoms with Crippen molar-refractivity contribution in [3.05, 3.63) is 48.0 Å². The molecule has 0 aliphatic carbocycles. The summed E-state index contributed by atoms with van der Waals surface area (Å²) in [5.41, 5.74) is -3.19. The second-order valence-electron chi connectivity index (χ2n) is 5.10. The summed E-state index contributed by atoms with van der Waals surface area (Å²) >= 11 is -0.209. The first-order valence-electron chi connectivity index (χ1n) is 7.41. The summed E-state index contributed by atoms with van der Waals surface area (Å²) < 4.78 is 47.2. The van der Waals surface area contributed by atoms with Crippen LogP contribution < -0.4 is 20.1 Å². The van der Waals surface area contributed by atoms with Crippen LogP contribution in [0.1, 0.15) is 5.56 Å². The summed E-state index contributed by atoms with van der Waals surface area (Å²) in [5.74, 6) is 1.19. The Labute approximate surface area is 152 Å². The first-order chi connectivity index (χ1) is 12.3. The molecule has 0 saturated heterocycles. The van der Waals surface area contributed by atoms with Crippen molar-refractivity contribution in [2.24, 2.45) is 0 Å². The second kappa shape index (κ2) is 8.70. The zero-order chi connectivity index (χ0) is 19.2. The number of ether oxygens (including phenoxy) is 2. The van der Waals surface area contributed by atoms with Gasteiger partial charge in [0, 0.05) is 23.2 Å². The number of urea groups is 1. The first-order valence-corrected chi connectivity index (χ1v) is 8.23. The molecule has 0 atom stereocenters. The molecule has 140 valence electrons. The number of rotatable bonds is 6. The van der Waals surface area contributed by atoms with Crippen LogP contribution in [0.2, 0.25) is 0 Å². The molecule has 0 bridgehead atoms. The number of alkyl halides is 3. The van der Waals surface area contributed by atoms with Gasteiger partial charge in [0.1, 0.15) is 11.5 Å². The van der Waals surface area contributed by atoms with E-state index < -0.39 is 11.5 Å². The molecule has 2 aromatic rings. The maximum Gasteiger partial charge on any atom is 0.446 e. The van der Waals surface area contributed by atoms with Crippen molar-refractivity contribution < 1.29 is 27.4 Å². The van der Waals surface area contributed by atoms with Crippen LogP contribution in [0.5, 0.6) is 11.5 Å². The van der Waals surface area contributed by atoms with Gasteiger partial charge in [0.05, 0.1) is 14.2 Å². The van der Waals surface area contributed by atoms with Crippen molar-refractivity contribution in [1.82, 2.24) is 5.32 Å². The quantitative estimate of drug-likeness (QED) is 0.711. The Morgan fingerprint density at radius 1 is 1.04 bits per heavy atom. The monoisotopic (exact) mass is 386 g/mol. The van der Waals surface area contributed by atoms with Gasteiger partial charge < -0.3 is 20.1 Å². The Morgan fingerprint density at radius 3 is 2.12 bits per heavy atom. The van der Waals surface area contributed by atoms with E-state index >= 15 is 0 Å². The molecule has 2 aromatic carbocycles. The van der Waals surface area contributed by atoms with Crippen LogP contribution in [-0.2, 0) is 6.54 Å². The van der Waals surface area contributed by atoms with Crippen LogP contribution in [-0.4, -0.2) is 25.8 Å². The molecule has 9 heteroatoms. The minimum atomic E-state index is -4.34. The molecular weight excluding hydrogens is 369 g/mol. The van der Waals surface area contributed by atoms with E-state index in [4.69, 9.17) is 9.47 Å². The Morgan fingerprint density at radius 2 is 1.62 bits per heavy atom. The highest BCUT2D eigenvalue weighted by Crippen LogP contribution is 2.37. The maximum atomic E-state index is 12.3. The molecule has 0 spiro atoms. The van der Waals surface area contributed by atoms with Gasteiger partial charge in [0.2, 0.25) is 0 Å².